The number of hydrogen-bond donors (Lipinski definition) is 0. The number of benzene rings is 1. The van der Waals surface area contributed by atoms with Crippen LogP contribution in [0.5, 0.6) is 0 Å². The Kier molecular flexibility index (Phi) is 4.93. The zero-order valence-electron chi connectivity index (χ0n) is 9.97. The van der Waals surface area contributed by atoms with Crippen molar-refractivity contribution in [2.24, 2.45) is 0 Å². The molecule has 0 spiro atoms. The maximum Gasteiger partial charge on any atom is 0.417 e. The van der Waals surface area contributed by atoms with Gasteiger partial charge in [0.05, 0.1) is 12.2 Å². The van der Waals surface area contributed by atoms with Crippen LogP contribution in [0.2, 0.25) is 0 Å². The van der Waals surface area contributed by atoms with E-state index in [-0.39, 0.29) is 13.0 Å². The Hall–Kier alpha value is -2.03. The minimum atomic E-state index is -4.62. The van der Waals surface area contributed by atoms with E-state index in [1.165, 1.54) is 0 Å². The predicted octanol–water partition coefficient (Wildman–Crippen LogP) is 3.15. The number of rotatable bonds is 2. The van der Waals surface area contributed by atoms with Crippen molar-refractivity contribution in [2.75, 3.05) is 6.61 Å². The fourth-order valence-electron chi connectivity index (χ4n) is 1.29. The number of carbonyl (C=O) groups excluding carboxylic acids is 1. The summed E-state index contributed by atoms with van der Waals surface area (Å²) in [5.74, 6) is 2.91. The van der Waals surface area contributed by atoms with E-state index in [0.717, 1.165) is 0 Å². The van der Waals surface area contributed by atoms with Gasteiger partial charge < -0.3 is 4.74 Å². The highest BCUT2D eigenvalue weighted by atomic mass is 19.4. The molecule has 0 heterocycles. The molecule has 0 fully saturated rings. The fraction of sp³-hybridized carbons (Fsp3) is 0.308. The first-order chi connectivity index (χ1) is 8.84. The number of esters is 1. The third kappa shape index (κ3) is 4.62. The van der Waals surface area contributed by atoms with Crippen molar-refractivity contribution in [3.8, 4) is 11.8 Å². The third-order valence-electron chi connectivity index (χ3n) is 2.05. The van der Waals surface area contributed by atoms with Crippen molar-refractivity contribution in [2.45, 2.75) is 19.5 Å². The fourth-order valence-corrected chi connectivity index (χ4v) is 1.29. The molecule has 0 atom stereocenters. The number of halogens is 4. The summed E-state index contributed by atoms with van der Waals surface area (Å²) in [5, 5.41) is 0. The van der Waals surface area contributed by atoms with Crippen LogP contribution in [0.25, 0.3) is 0 Å². The van der Waals surface area contributed by atoms with Gasteiger partial charge in [-0.15, -0.1) is 0 Å². The lowest BCUT2D eigenvalue weighted by atomic mass is 10.1. The van der Waals surface area contributed by atoms with E-state index >= 15 is 0 Å². The number of ether oxygens (including phenoxy) is 1. The van der Waals surface area contributed by atoms with Crippen LogP contribution >= 0.6 is 0 Å². The molecule has 0 amide bonds. The molecule has 6 heteroatoms. The standard InChI is InChI=1S/C13H10F4O2/c1-2-19-12(18)5-3-4-9-8-10(14)6-7-11(9)13(15,16)17/h6-8H,2,5H2,1H3. The lowest BCUT2D eigenvalue weighted by molar-refractivity contribution is -0.141. The van der Waals surface area contributed by atoms with Crippen LogP contribution in [-0.4, -0.2) is 12.6 Å². The average molecular weight is 274 g/mol. The van der Waals surface area contributed by atoms with E-state index in [1.807, 2.05) is 0 Å². The van der Waals surface area contributed by atoms with Gasteiger partial charge >= 0.3 is 12.1 Å². The molecule has 102 valence electrons. The van der Waals surface area contributed by atoms with Crippen molar-refractivity contribution >= 4 is 5.97 Å². The van der Waals surface area contributed by atoms with Gasteiger partial charge in [0.2, 0.25) is 0 Å². The first kappa shape index (κ1) is 15.0. The summed E-state index contributed by atoms with van der Waals surface area (Å²) in [4.78, 5) is 11.0. The van der Waals surface area contributed by atoms with Crippen LogP contribution in [-0.2, 0) is 15.7 Å². The second kappa shape index (κ2) is 6.23. The molecule has 0 N–H and O–H groups in total. The highest BCUT2D eigenvalue weighted by Crippen LogP contribution is 2.31. The Morgan fingerprint density at radius 2 is 2.05 bits per heavy atom. The maximum atomic E-state index is 12.9. The molecule has 0 aliphatic rings. The summed E-state index contributed by atoms with van der Waals surface area (Å²) < 4.78 is 55.3. The SMILES string of the molecule is CCOC(=O)CC#Cc1cc(F)ccc1C(F)(F)F. The Morgan fingerprint density at radius 3 is 2.63 bits per heavy atom. The highest BCUT2D eigenvalue weighted by Gasteiger charge is 2.33. The van der Waals surface area contributed by atoms with Crippen molar-refractivity contribution in [3.63, 3.8) is 0 Å². The average Bonchev–Trinajstić information content (AvgIpc) is 2.27. The maximum absolute atomic E-state index is 12.9. The summed E-state index contributed by atoms with van der Waals surface area (Å²) in [6.45, 7) is 1.76. The Morgan fingerprint density at radius 1 is 1.37 bits per heavy atom. The molecule has 0 saturated heterocycles. The van der Waals surface area contributed by atoms with Crippen molar-refractivity contribution in [3.05, 3.63) is 35.1 Å². The normalized spacial score (nSPS) is 10.6. The molecule has 0 unspecified atom stereocenters. The molecule has 2 nitrogen and oxygen atoms in total. The quantitative estimate of drug-likeness (QED) is 0.470. The summed E-state index contributed by atoms with van der Waals surface area (Å²) in [6, 6.07) is 2.00. The summed E-state index contributed by atoms with van der Waals surface area (Å²) in [6.07, 6.45) is -4.97. The van der Waals surface area contributed by atoms with E-state index in [0.29, 0.717) is 18.2 Å². The topological polar surface area (TPSA) is 26.3 Å². The monoisotopic (exact) mass is 274 g/mol. The second-order valence-electron chi connectivity index (χ2n) is 3.47. The molecule has 1 rings (SSSR count). The number of hydrogen-bond acceptors (Lipinski definition) is 2. The number of alkyl halides is 3. The van der Waals surface area contributed by atoms with Crippen LogP contribution in [0, 0.1) is 17.7 Å². The summed E-state index contributed by atoms with van der Waals surface area (Å²) in [7, 11) is 0. The van der Waals surface area contributed by atoms with Crippen LogP contribution in [0.3, 0.4) is 0 Å². The highest BCUT2D eigenvalue weighted by molar-refractivity contribution is 5.72. The van der Waals surface area contributed by atoms with E-state index < -0.39 is 29.1 Å². The molecule has 0 aliphatic heterocycles. The van der Waals surface area contributed by atoms with Gasteiger partial charge in [0.15, 0.2) is 0 Å². The Balaban J connectivity index is 2.97. The molecule has 0 aliphatic carbocycles. The molecule has 0 radical (unpaired) electrons. The van der Waals surface area contributed by atoms with Crippen LogP contribution in [0.4, 0.5) is 17.6 Å². The summed E-state index contributed by atoms with van der Waals surface area (Å²) in [5.41, 5.74) is -1.54. The van der Waals surface area contributed by atoms with E-state index in [1.54, 1.807) is 6.92 Å². The molecular formula is C13H10F4O2. The van der Waals surface area contributed by atoms with Crippen LogP contribution < -0.4 is 0 Å². The molecule has 1 aromatic rings. The van der Waals surface area contributed by atoms with Gasteiger partial charge in [-0.05, 0) is 25.1 Å². The largest absolute Gasteiger partial charge is 0.465 e. The lowest BCUT2D eigenvalue weighted by Crippen LogP contribution is -2.08. The van der Waals surface area contributed by atoms with Crippen molar-refractivity contribution in [1.29, 1.82) is 0 Å². The Labute approximate surface area is 107 Å². The van der Waals surface area contributed by atoms with Crippen LogP contribution in [0.1, 0.15) is 24.5 Å². The lowest BCUT2D eigenvalue weighted by Gasteiger charge is -2.08. The van der Waals surface area contributed by atoms with Gasteiger partial charge in [0.1, 0.15) is 12.2 Å². The van der Waals surface area contributed by atoms with Gasteiger partial charge in [-0.1, -0.05) is 11.8 Å². The first-order valence-electron chi connectivity index (χ1n) is 5.36. The van der Waals surface area contributed by atoms with E-state index in [4.69, 9.17) is 0 Å². The van der Waals surface area contributed by atoms with Crippen molar-refractivity contribution in [1.82, 2.24) is 0 Å². The molecule has 0 bridgehead atoms. The summed E-state index contributed by atoms with van der Waals surface area (Å²) >= 11 is 0. The molecule has 0 aromatic heterocycles. The van der Waals surface area contributed by atoms with E-state index in [9.17, 15) is 22.4 Å². The van der Waals surface area contributed by atoms with Gasteiger partial charge in [0.25, 0.3) is 0 Å². The van der Waals surface area contributed by atoms with Gasteiger partial charge in [-0.25, -0.2) is 4.39 Å². The first-order valence-corrected chi connectivity index (χ1v) is 5.36. The zero-order valence-corrected chi connectivity index (χ0v) is 9.97. The minimum Gasteiger partial charge on any atom is -0.465 e. The molecule has 19 heavy (non-hydrogen) atoms. The minimum absolute atomic E-state index is 0.161. The second-order valence-corrected chi connectivity index (χ2v) is 3.47. The smallest absolute Gasteiger partial charge is 0.417 e. The van der Waals surface area contributed by atoms with Crippen molar-refractivity contribution < 1.29 is 27.1 Å². The van der Waals surface area contributed by atoms with Gasteiger partial charge in [0, 0.05) is 5.56 Å². The number of carbonyl (C=O) groups is 1. The molecule has 1 aromatic carbocycles. The third-order valence-corrected chi connectivity index (χ3v) is 2.05. The van der Waals surface area contributed by atoms with Gasteiger partial charge in [-0.2, -0.15) is 13.2 Å². The molecule has 0 saturated carbocycles. The Bertz CT molecular complexity index is 524. The van der Waals surface area contributed by atoms with Crippen LogP contribution in [0.15, 0.2) is 18.2 Å². The van der Waals surface area contributed by atoms with E-state index in [2.05, 4.69) is 16.6 Å². The zero-order chi connectivity index (χ0) is 14.5. The molecular weight excluding hydrogens is 264 g/mol. The predicted molar refractivity (Wildman–Crippen MR) is 59.5 cm³/mol. The van der Waals surface area contributed by atoms with Gasteiger partial charge in [-0.3, -0.25) is 4.79 Å².